The summed E-state index contributed by atoms with van der Waals surface area (Å²) in [5.41, 5.74) is 6.55. The monoisotopic (exact) mass is 391 g/mol. The van der Waals surface area contributed by atoms with Crippen LogP contribution in [-0.2, 0) is 4.79 Å². The first-order valence-electron chi connectivity index (χ1n) is 10.2. The van der Waals surface area contributed by atoms with Gasteiger partial charge in [0.05, 0.1) is 5.56 Å². The molecule has 0 atom stereocenters. The Hall–Kier alpha value is -2.28. The molecule has 1 saturated carbocycles. The van der Waals surface area contributed by atoms with E-state index < -0.39 is 5.97 Å². The number of nitrogens with two attached hydrogens (primary N) is 1. The second-order valence-corrected chi connectivity index (χ2v) is 7.75. The summed E-state index contributed by atoms with van der Waals surface area (Å²) < 4.78 is 0. The largest absolute Gasteiger partial charge is 0.508 e. The number of carboxylic acids is 1. The topological polar surface area (TPSA) is 116 Å². The molecule has 0 radical (unpaired) electrons. The molecule has 1 saturated heterocycles. The molecule has 1 aromatic rings. The van der Waals surface area contributed by atoms with Gasteiger partial charge in [-0.2, -0.15) is 0 Å². The molecule has 1 heterocycles. The Balaban J connectivity index is 0.000000640. The molecule has 5 N–H and O–H groups in total. The molecule has 7 nitrogen and oxygen atoms in total. The maximum atomic E-state index is 12.2. The third-order valence-electron chi connectivity index (χ3n) is 5.61. The molecule has 0 unspecified atom stereocenters. The summed E-state index contributed by atoms with van der Waals surface area (Å²) in [6.45, 7) is 4.17. The van der Waals surface area contributed by atoms with Crippen LogP contribution in [0.4, 0.5) is 5.69 Å². The molecule has 156 valence electrons. The number of piperidine rings is 1. The lowest BCUT2D eigenvalue weighted by atomic mass is 9.92. The first-order valence-corrected chi connectivity index (χ1v) is 10.2. The number of aromatic hydroxyl groups is 1. The Morgan fingerprint density at radius 1 is 1.18 bits per heavy atom. The van der Waals surface area contributed by atoms with Crippen molar-refractivity contribution in [3.05, 3.63) is 23.8 Å². The number of anilines is 1. The van der Waals surface area contributed by atoms with Crippen LogP contribution in [0, 0.1) is 5.92 Å². The Morgan fingerprint density at radius 3 is 2.39 bits per heavy atom. The fraction of sp³-hybridized carbons (Fsp3) is 0.619. The number of aliphatic carboxylic acids is 1. The molecular weight excluding hydrogens is 358 g/mol. The SMILES string of the molecule is CC(=O)O.Nc1ccc(O)cc1C(=O)NCCC1CCN(C2CCCC2)CC1. The van der Waals surface area contributed by atoms with Crippen LogP contribution < -0.4 is 11.1 Å². The van der Waals surface area contributed by atoms with E-state index in [2.05, 4.69) is 10.2 Å². The van der Waals surface area contributed by atoms with E-state index in [1.165, 1.54) is 63.7 Å². The molecule has 0 aromatic heterocycles. The standard InChI is InChI=1S/C19H29N3O2.C2H4O2/c20-18-6-5-16(23)13-17(18)19(24)21-10-7-14-8-11-22(12-9-14)15-3-1-2-4-15;1-2(3)4/h5-6,13-15,23H,1-4,7-12,20H2,(H,21,24);1H3,(H,3,4). The van der Waals surface area contributed by atoms with Crippen molar-refractivity contribution in [1.82, 2.24) is 10.2 Å². The van der Waals surface area contributed by atoms with Crippen molar-refractivity contribution in [2.45, 2.75) is 57.9 Å². The van der Waals surface area contributed by atoms with Crippen LogP contribution in [0.1, 0.15) is 62.2 Å². The molecule has 7 heteroatoms. The highest BCUT2D eigenvalue weighted by atomic mass is 16.4. The predicted octanol–water partition coefficient (Wildman–Crippen LogP) is 2.84. The number of carbonyl (C=O) groups excluding carboxylic acids is 1. The summed E-state index contributed by atoms with van der Waals surface area (Å²) in [5, 5.41) is 19.8. The zero-order valence-electron chi connectivity index (χ0n) is 16.7. The zero-order valence-corrected chi connectivity index (χ0v) is 16.7. The van der Waals surface area contributed by atoms with E-state index in [0.29, 0.717) is 23.7 Å². The third kappa shape index (κ3) is 7.03. The molecule has 0 spiro atoms. The number of rotatable bonds is 5. The summed E-state index contributed by atoms with van der Waals surface area (Å²) in [6, 6.07) is 5.30. The summed E-state index contributed by atoms with van der Waals surface area (Å²) in [5.74, 6) is -0.273. The van der Waals surface area contributed by atoms with Gasteiger partial charge in [0.2, 0.25) is 0 Å². The van der Waals surface area contributed by atoms with Crippen molar-refractivity contribution < 1.29 is 19.8 Å². The van der Waals surface area contributed by atoms with E-state index in [9.17, 15) is 9.90 Å². The second-order valence-electron chi connectivity index (χ2n) is 7.75. The number of amides is 1. The quantitative estimate of drug-likeness (QED) is 0.453. The molecule has 0 bridgehead atoms. The van der Waals surface area contributed by atoms with Crippen LogP contribution in [0.15, 0.2) is 18.2 Å². The molecule has 28 heavy (non-hydrogen) atoms. The summed E-state index contributed by atoms with van der Waals surface area (Å²) >= 11 is 0. The highest BCUT2D eigenvalue weighted by molar-refractivity contribution is 5.99. The zero-order chi connectivity index (χ0) is 20.5. The summed E-state index contributed by atoms with van der Waals surface area (Å²) in [4.78, 5) is 23.9. The van der Waals surface area contributed by atoms with Gasteiger partial charge < -0.3 is 26.2 Å². The first kappa shape index (κ1) is 22.0. The van der Waals surface area contributed by atoms with Gasteiger partial charge in [-0.3, -0.25) is 9.59 Å². The van der Waals surface area contributed by atoms with E-state index >= 15 is 0 Å². The van der Waals surface area contributed by atoms with E-state index in [-0.39, 0.29) is 11.7 Å². The van der Waals surface area contributed by atoms with Crippen molar-refractivity contribution >= 4 is 17.6 Å². The van der Waals surface area contributed by atoms with E-state index in [1.807, 2.05) is 0 Å². The number of nitrogens with zero attached hydrogens (tertiary/aromatic N) is 1. The number of carbonyl (C=O) groups is 2. The van der Waals surface area contributed by atoms with Crippen LogP contribution >= 0.6 is 0 Å². The maximum absolute atomic E-state index is 12.2. The third-order valence-corrected chi connectivity index (χ3v) is 5.61. The Morgan fingerprint density at radius 2 is 1.79 bits per heavy atom. The normalized spacial score (nSPS) is 18.3. The van der Waals surface area contributed by atoms with Gasteiger partial charge >= 0.3 is 0 Å². The fourth-order valence-electron chi connectivity index (χ4n) is 4.10. The lowest BCUT2D eigenvalue weighted by Gasteiger charge is -2.36. The fourth-order valence-corrected chi connectivity index (χ4v) is 4.10. The number of carboxylic acid groups (broad SMARTS) is 1. The van der Waals surface area contributed by atoms with Gasteiger partial charge in [0, 0.05) is 25.2 Å². The average molecular weight is 392 g/mol. The number of hydrogen-bond acceptors (Lipinski definition) is 5. The number of benzene rings is 1. The van der Waals surface area contributed by atoms with Crippen LogP contribution in [-0.4, -0.2) is 52.7 Å². The number of phenols is 1. The Kier molecular flexibility index (Phi) is 8.57. The lowest BCUT2D eigenvalue weighted by molar-refractivity contribution is -0.134. The Bertz CT molecular complexity index is 647. The maximum Gasteiger partial charge on any atom is 0.300 e. The van der Waals surface area contributed by atoms with E-state index in [1.54, 1.807) is 6.07 Å². The van der Waals surface area contributed by atoms with Gasteiger partial charge in [0.25, 0.3) is 11.9 Å². The molecule has 1 amide bonds. The van der Waals surface area contributed by atoms with Crippen LogP contribution in [0.5, 0.6) is 5.75 Å². The van der Waals surface area contributed by atoms with Crippen molar-refractivity contribution in [3.63, 3.8) is 0 Å². The first-order chi connectivity index (χ1) is 13.4. The number of phenolic OH excluding ortho intramolecular Hbond substituents is 1. The van der Waals surface area contributed by atoms with Gasteiger partial charge in [-0.05, 0) is 69.3 Å². The number of hydrogen-bond donors (Lipinski definition) is 4. The summed E-state index contributed by atoms with van der Waals surface area (Å²) in [6.07, 6.45) is 9.05. The highest BCUT2D eigenvalue weighted by Crippen LogP contribution is 2.28. The minimum Gasteiger partial charge on any atom is -0.508 e. The van der Waals surface area contributed by atoms with Gasteiger partial charge in [0.1, 0.15) is 5.75 Å². The van der Waals surface area contributed by atoms with Gasteiger partial charge in [0.15, 0.2) is 0 Å². The van der Waals surface area contributed by atoms with Gasteiger partial charge in [-0.25, -0.2) is 0 Å². The average Bonchev–Trinajstić information content (AvgIpc) is 3.18. The molecular formula is C21H33N3O4. The van der Waals surface area contributed by atoms with Crippen molar-refractivity contribution in [2.24, 2.45) is 5.92 Å². The number of nitrogen functional groups attached to an aromatic ring is 1. The van der Waals surface area contributed by atoms with Crippen LogP contribution in [0.3, 0.4) is 0 Å². The summed E-state index contributed by atoms with van der Waals surface area (Å²) in [7, 11) is 0. The van der Waals surface area contributed by atoms with Gasteiger partial charge in [-0.1, -0.05) is 12.8 Å². The molecule has 2 aliphatic rings. The van der Waals surface area contributed by atoms with E-state index in [0.717, 1.165) is 19.4 Å². The van der Waals surface area contributed by atoms with Crippen molar-refractivity contribution in [1.29, 1.82) is 0 Å². The molecule has 1 aliphatic carbocycles. The number of nitrogens with one attached hydrogen (secondary N) is 1. The highest BCUT2D eigenvalue weighted by Gasteiger charge is 2.26. The van der Waals surface area contributed by atoms with Crippen molar-refractivity contribution in [3.8, 4) is 5.75 Å². The molecule has 1 aromatic carbocycles. The predicted molar refractivity (Wildman–Crippen MR) is 109 cm³/mol. The minimum atomic E-state index is -0.833. The van der Waals surface area contributed by atoms with E-state index in [4.69, 9.17) is 15.6 Å². The van der Waals surface area contributed by atoms with Crippen LogP contribution in [0.2, 0.25) is 0 Å². The number of likely N-dealkylation sites (tertiary alicyclic amines) is 1. The minimum absolute atomic E-state index is 0.0636. The second kappa shape index (κ2) is 10.9. The van der Waals surface area contributed by atoms with Crippen molar-refractivity contribution in [2.75, 3.05) is 25.4 Å². The molecule has 3 rings (SSSR count). The molecule has 1 aliphatic heterocycles. The van der Waals surface area contributed by atoms with Gasteiger partial charge in [-0.15, -0.1) is 0 Å². The lowest BCUT2D eigenvalue weighted by Crippen LogP contribution is -2.40. The smallest absolute Gasteiger partial charge is 0.300 e. The van der Waals surface area contributed by atoms with Crippen LogP contribution in [0.25, 0.3) is 0 Å². The Labute approximate surface area is 166 Å². The molecule has 2 fully saturated rings.